The van der Waals surface area contributed by atoms with Crippen molar-refractivity contribution in [2.75, 3.05) is 42.6 Å². The van der Waals surface area contributed by atoms with E-state index in [1.54, 1.807) is 0 Å². The number of halogens is 4. The first-order valence-corrected chi connectivity index (χ1v) is 11.2. The third-order valence-corrected chi connectivity index (χ3v) is 6.44. The number of hydrogen-bond donors (Lipinski definition) is 1. The van der Waals surface area contributed by atoms with Gasteiger partial charge in [0.1, 0.15) is 17.2 Å². The van der Waals surface area contributed by atoms with Crippen LogP contribution in [-0.4, -0.2) is 79.2 Å². The van der Waals surface area contributed by atoms with Gasteiger partial charge in [0.25, 0.3) is 12.3 Å². The van der Waals surface area contributed by atoms with Crippen molar-refractivity contribution < 1.29 is 51.4 Å². The monoisotopic (exact) mass is 517 g/mol. The second kappa shape index (κ2) is 9.91. The van der Waals surface area contributed by atoms with Gasteiger partial charge in [-0.1, -0.05) is 0 Å². The lowest BCUT2D eigenvalue weighted by Gasteiger charge is -2.25. The van der Waals surface area contributed by atoms with Crippen LogP contribution in [0.3, 0.4) is 0 Å². The molecular formula is C22H23F4N3O7. The van der Waals surface area contributed by atoms with Crippen LogP contribution in [0.2, 0.25) is 0 Å². The number of hydroxylamine groups is 2. The van der Waals surface area contributed by atoms with Crippen molar-refractivity contribution in [3.8, 4) is 0 Å². The summed E-state index contributed by atoms with van der Waals surface area (Å²) in [4.78, 5) is 54.9. The molecule has 3 fully saturated rings. The fourth-order valence-corrected chi connectivity index (χ4v) is 4.22. The smallest absolute Gasteiger partial charge is 0.414 e. The molecule has 4 rings (SSSR count). The number of ketones is 1. The van der Waals surface area contributed by atoms with E-state index in [0.717, 1.165) is 22.1 Å². The molecule has 2 amide bonds. The van der Waals surface area contributed by atoms with Crippen LogP contribution >= 0.6 is 0 Å². The average Bonchev–Trinajstić information content (AvgIpc) is 3.59. The van der Waals surface area contributed by atoms with E-state index in [0.29, 0.717) is 0 Å². The number of amides is 2. The van der Waals surface area contributed by atoms with E-state index in [-0.39, 0.29) is 57.7 Å². The van der Waals surface area contributed by atoms with Gasteiger partial charge in [-0.15, -0.1) is 0 Å². The summed E-state index contributed by atoms with van der Waals surface area (Å²) in [5, 5.41) is 10.2. The van der Waals surface area contributed by atoms with Gasteiger partial charge in [-0.05, 0) is 19.3 Å². The lowest BCUT2D eigenvalue weighted by Crippen LogP contribution is -2.42. The number of ether oxygens (including phenoxy) is 1. The van der Waals surface area contributed by atoms with Crippen molar-refractivity contribution in [1.82, 2.24) is 5.06 Å². The van der Waals surface area contributed by atoms with E-state index >= 15 is 8.78 Å². The summed E-state index contributed by atoms with van der Waals surface area (Å²) in [6.07, 6.45) is -5.22. The molecule has 1 aliphatic carbocycles. The number of hydrogen-bond acceptors (Lipinski definition) is 7. The minimum absolute atomic E-state index is 0.00301. The molecule has 1 aromatic rings. The lowest BCUT2D eigenvalue weighted by molar-refractivity contribution is -0.191. The Labute approximate surface area is 202 Å². The van der Waals surface area contributed by atoms with Crippen LogP contribution in [-0.2, 0) is 24.0 Å². The van der Waals surface area contributed by atoms with Crippen LogP contribution in [0.5, 0.6) is 0 Å². The van der Waals surface area contributed by atoms with Crippen LogP contribution in [0.25, 0.3) is 0 Å². The predicted octanol–water partition coefficient (Wildman–Crippen LogP) is 2.35. The van der Waals surface area contributed by atoms with Crippen LogP contribution in [0, 0.1) is 17.0 Å². The summed E-state index contributed by atoms with van der Waals surface area (Å²) in [7, 11) is 0. The Morgan fingerprint density at radius 1 is 1.11 bits per heavy atom. The first-order chi connectivity index (χ1) is 17.0. The van der Waals surface area contributed by atoms with E-state index in [1.165, 1.54) is 4.90 Å². The standard InChI is InChI=1S/C22H23F4N3O7/c23-14-9-12(28-11-13(36-21(28)34)1-2-16(30)18(25)26)10-15(24)17(14)27-5-6-29(35-8-7-27)19(31)22(3-4-22)20(32)33/h9-10,13,18H,1-8,11H2,(H,32,33)/t13-/m0/s1. The first-order valence-electron chi connectivity index (χ1n) is 11.2. The molecule has 1 N–H and O–H groups in total. The van der Waals surface area contributed by atoms with Crippen molar-refractivity contribution in [1.29, 1.82) is 0 Å². The van der Waals surface area contributed by atoms with E-state index in [1.807, 2.05) is 0 Å². The predicted molar refractivity (Wildman–Crippen MR) is 113 cm³/mol. The van der Waals surface area contributed by atoms with E-state index in [4.69, 9.17) is 9.57 Å². The van der Waals surface area contributed by atoms with E-state index in [2.05, 4.69) is 0 Å². The van der Waals surface area contributed by atoms with Gasteiger partial charge in [-0.3, -0.25) is 24.1 Å². The van der Waals surface area contributed by atoms with Gasteiger partial charge in [0.05, 0.1) is 25.4 Å². The number of carbonyl (C=O) groups is 4. The molecule has 2 aliphatic heterocycles. The number of alkyl halides is 2. The minimum atomic E-state index is -3.13. The van der Waals surface area contributed by atoms with Crippen molar-refractivity contribution in [2.24, 2.45) is 5.41 Å². The fraction of sp³-hybridized carbons (Fsp3) is 0.545. The lowest BCUT2D eigenvalue weighted by atomic mass is 10.1. The quantitative estimate of drug-likeness (QED) is 0.413. The highest BCUT2D eigenvalue weighted by Gasteiger charge is 2.59. The number of cyclic esters (lactones) is 1. The summed E-state index contributed by atoms with van der Waals surface area (Å²) in [6.45, 7) is -0.456. The van der Waals surface area contributed by atoms with Crippen molar-refractivity contribution in [3.05, 3.63) is 23.8 Å². The second-order valence-electron chi connectivity index (χ2n) is 8.79. The third kappa shape index (κ3) is 4.94. The number of carboxylic acids is 1. The molecule has 14 heteroatoms. The molecule has 3 aliphatic rings. The Hall–Kier alpha value is -3.42. The maximum Gasteiger partial charge on any atom is 0.414 e. The molecule has 1 atom stereocenters. The largest absolute Gasteiger partial charge is 0.480 e. The van der Waals surface area contributed by atoms with Crippen molar-refractivity contribution in [3.63, 3.8) is 0 Å². The fourth-order valence-electron chi connectivity index (χ4n) is 4.22. The van der Waals surface area contributed by atoms with Crippen LogP contribution in [0.15, 0.2) is 12.1 Å². The van der Waals surface area contributed by atoms with E-state index < -0.39 is 65.4 Å². The minimum Gasteiger partial charge on any atom is -0.480 e. The van der Waals surface area contributed by atoms with Crippen molar-refractivity contribution in [2.45, 2.75) is 38.2 Å². The maximum atomic E-state index is 15.0. The number of rotatable bonds is 8. The van der Waals surface area contributed by atoms with Crippen molar-refractivity contribution >= 4 is 35.1 Å². The third-order valence-electron chi connectivity index (χ3n) is 6.44. The molecule has 196 valence electrons. The Bertz CT molecular complexity index is 1060. The summed E-state index contributed by atoms with van der Waals surface area (Å²) in [5.74, 6) is -5.24. The topological polar surface area (TPSA) is 117 Å². The maximum absolute atomic E-state index is 15.0. The zero-order valence-corrected chi connectivity index (χ0v) is 18.9. The Balaban J connectivity index is 1.42. The zero-order chi connectivity index (χ0) is 26.2. The molecule has 0 radical (unpaired) electrons. The number of aliphatic carboxylic acids is 1. The summed E-state index contributed by atoms with van der Waals surface area (Å²) in [5.41, 5.74) is -2.08. The van der Waals surface area contributed by atoms with Crippen LogP contribution in [0.4, 0.5) is 33.7 Å². The molecule has 1 saturated carbocycles. The van der Waals surface area contributed by atoms with Gasteiger partial charge in [-0.2, -0.15) is 0 Å². The Morgan fingerprint density at radius 3 is 2.36 bits per heavy atom. The molecule has 36 heavy (non-hydrogen) atoms. The normalized spacial score (nSPS) is 21.4. The molecule has 0 spiro atoms. The second-order valence-corrected chi connectivity index (χ2v) is 8.79. The van der Waals surface area contributed by atoms with Crippen LogP contribution < -0.4 is 9.80 Å². The number of Topliss-reactive ketones (excluding diaryl/α,β-unsaturated/α-hetero) is 1. The molecule has 2 heterocycles. The Morgan fingerprint density at radius 2 is 1.78 bits per heavy atom. The molecule has 0 bridgehead atoms. The summed E-state index contributed by atoms with van der Waals surface area (Å²) in [6, 6.07) is 1.84. The molecule has 1 aromatic carbocycles. The number of carboxylic acid groups (broad SMARTS) is 1. The summed E-state index contributed by atoms with van der Waals surface area (Å²) < 4.78 is 59.8. The van der Waals surface area contributed by atoms with Gasteiger partial charge < -0.3 is 14.7 Å². The molecule has 2 saturated heterocycles. The SMILES string of the molecule is O=C(CC[C@H]1CN(c2cc(F)c(N3CCON(C(=O)C4(C(=O)O)CC4)CC3)c(F)c2)C(=O)O1)C(F)F. The molecular weight excluding hydrogens is 494 g/mol. The number of nitrogens with zero attached hydrogens (tertiary/aromatic N) is 3. The van der Waals surface area contributed by atoms with Gasteiger partial charge in [0.2, 0.25) is 0 Å². The molecule has 10 nitrogen and oxygen atoms in total. The Kier molecular flexibility index (Phi) is 7.07. The van der Waals surface area contributed by atoms with Crippen LogP contribution in [0.1, 0.15) is 25.7 Å². The summed E-state index contributed by atoms with van der Waals surface area (Å²) >= 11 is 0. The zero-order valence-electron chi connectivity index (χ0n) is 18.9. The highest BCUT2D eigenvalue weighted by molar-refractivity contribution is 6.04. The van der Waals surface area contributed by atoms with Gasteiger partial charge in [0.15, 0.2) is 17.4 Å². The molecule has 0 unspecified atom stereocenters. The van der Waals surface area contributed by atoms with Gasteiger partial charge >= 0.3 is 12.1 Å². The van der Waals surface area contributed by atoms with Gasteiger partial charge in [0, 0.05) is 31.6 Å². The average molecular weight is 517 g/mol. The first kappa shape index (κ1) is 25.7. The number of anilines is 2. The highest BCUT2D eigenvalue weighted by atomic mass is 19.3. The molecule has 0 aromatic heterocycles. The highest BCUT2D eigenvalue weighted by Crippen LogP contribution is 2.47. The number of benzene rings is 1. The van der Waals surface area contributed by atoms with E-state index in [9.17, 15) is 33.1 Å². The van der Waals surface area contributed by atoms with Gasteiger partial charge in [-0.25, -0.2) is 27.4 Å². The number of carbonyl (C=O) groups excluding carboxylic acids is 3.